The minimum atomic E-state index is -4.16. The summed E-state index contributed by atoms with van der Waals surface area (Å²) >= 11 is 5.82. The molecule has 8 heteroatoms. The van der Waals surface area contributed by atoms with Crippen LogP contribution in [0.2, 0.25) is 5.02 Å². The lowest BCUT2D eigenvalue weighted by Crippen LogP contribution is -2.20. The highest BCUT2D eigenvalue weighted by atomic mass is 35.5. The van der Waals surface area contributed by atoms with Gasteiger partial charge in [-0.2, -0.15) is 8.42 Å². The van der Waals surface area contributed by atoms with E-state index >= 15 is 0 Å². The van der Waals surface area contributed by atoms with Crippen LogP contribution in [0.4, 0.5) is 0 Å². The second kappa shape index (κ2) is 8.13. The summed E-state index contributed by atoms with van der Waals surface area (Å²) in [6, 6.07) is 12.2. The predicted octanol–water partition coefficient (Wildman–Crippen LogP) is 3.32. The molecule has 6 nitrogen and oxygen atoms in total. The van der Waals surface area contributed by atoms with Crippen molar-refractivity contribution in [1.29, 1.82) is 0 Å². The highest BCUT2D eigenvalue weighted by Crippen LogP contribution is 2.16. The lowest BCUT2D eigenvalue weighted by molar-refractivity contribution is -0.135. The first-order valence-corrected chi connectivity index (χ1v) is 9.13. The Morgan fingerprint density at radius 3 is 2.24 bits per heavy atom. The smallest absolute Gasteiger partial charge is 0.361 e. The third-order valence-electron chi connectivity index (χ3n) is 3.12. The topological polar surface area (TPSA) is 82.0 Å². The summed E-state index contributed by atoms with van der Waals surface area (Å²) < 4.78 is 34.0. The molecule has 0 unspecified atom stereocenters. The van der Waals surface area contributed by atoms with E-state index in [0.717, 1.165) is 5.56 Å². The fraction of sp³-hybridized carbons (Fsp3) is 0.176. The molecule has 0 spiro atoms. The molecule has 0 radical (unpaired) electrons. The van der Waals surface area contributed by atoms with Crippen molar-refractivity contribution >= 4 is 33.4 Å². The Kier molecular flexibility index (Phi) is 6.17. The first-order valence-electron chi connectivity index (χ1n) is 7.35. The molecule has 2 aromatic rings. The van der Waals surface area contributed by atoms with E-state index in [4.69, 9.17) is 20.6 Å². The van der Waals surface area contributed by atoms with Gasteiger partial charge in [-0.25, -0.2) is 4.79 Å². The van der Waals surface area contributed by atoms with E-state index in [0.29, 0.717) is 10.6 Å². The molecule has 2 aromatic carbocycles. The molecule has 25 heavy (non-hydrogen) atoms. The van der Waals surface area contributed by atoms with Crippen molar-refractivity contribution in [3.63, 3.8) is 0 Å². The molecule has 0 aliphatic heterocycles. The van der Waals surface area contributed by atoms with Crippen LogP contribution in [0.1, 0.15) is 18.1 Å². The van der Waals surface area contributed by atoms with Crippen molar-refractivity contribution in [3.05, 3.63) is 64.7 Å². The first-order chi connectivity index (χ1) is 11.8. The first kappa shape index (κ1) is 19.0. The molecule has 0 fully saturated rings. The Hall–Kier alpha value is -2.38. The zero-order chi connectivity index (χ0) is 18.4. The van der Waals surface area contributed by atoms with Gasteiger partial charge in [-0.1, -0.05) is 46.6 Å². The summed E-state index contributed by atoms with van der Waals surface area (Å²) in [4.78, 5) is 12.0. The lowest BCUT2D eigenvalue weighted by Gasteiger charge is -2.07. The summed E-state index contributed by atoms with van der Waals surface area (Å²) in [5.41, 5.74) is 0.951. The number of hydrogen-bond acceptors (Lipinski definition) is 6. The normalized spacial score (nSPS) is 11.9. The molecule has 0 bridgehead atoms. The zero-order valence-electron chi connectivity index (χ0n) is 13.6. The Balaban J connectivity index is 2.35. The van der Waals surface area contributed by atoms with Crippen molar-refractivity contribution in [2.45, 2.75) is 18.7 Å². The molecule has 0 aliphatic rings. The van der Waals surface area contributed by atoms with E-state index in [-0.39, 0.29) is 17.2 Å². The molecule has 132 valence electrons. The number of rotatable bonds is 6. The van der Waals surface area contributed by atoms with Gasteiger partial charge in [-0.3, -0.25) is 4.28 Å². The average Bonchev–Trinajstić information content (AvgIpc) is 2.57. The maximum Gasteiger partial charge on any atom is 0.361 e. The monoisotopic (exact) mass is 381 g/mol. The van der Waals surface area contributed by atoms with Crippen molar-refractivity contribution in [2.75, 3.05) is 6.61 Å². The molecule has 0 N–H and O–H groups in total. The fourth-order valence-corrected chi connectivity index (χ4v) is 2.70. The van der Waals surface area contributed by atoms with E-state index in [1.165, 1.54) is 24.3 Å². The Morgan fingerprint density at radius 2 is 1.68 bits per heavy atom. The number of hydrogen-bond donors (Lipinski definition) is 0. The van der Waals surface area contributed by atoms with Gasteiger partial charge in [-0.05, 0) is 38.1 Å². The van der Waals surface area contributed by atoms with Crippen LogP contribution in [0, 0.1) is 6.92 Å². The molecule has 0 heterocycles. The second-order valence-corrected chi connectivity index (χ2v) is 6.97. The maximum absolute atomic E-state index is 12.2. The van der Waals surface area contributed by atoms with Gasteiger partial charge in [0.2, 0.25) is 0 Å². The van der Waals surface area contributed by atoms with Crippen molar-refractivity contribution < 1.29 is 22.2 Å². The molecule has 0 saturated carbocycles. The minimum Gasteiger partial charge on any atom is -0.461 e. The summed E-state index contributed by atoms with van der Waals surface area (Å²) in [5, 5.41) is 3.98. The van der Waals surface area contributed by atoms with Crippen LogP contribution in [0.5, 0.6) is 0 Å². The van der Waals surface area contributed by atoms with Gasteiger partial charge in [-0.15, -0.1) is 0 Å². The zero-order valence-corrected chi connectivity index (χ0v) is 15.2. The number of aryl methyl sites for hydroxylation is 1. The molecular weight excluding hydrogens is 366 g/mol. The van der Waals surface area contributed by atoms with Gasteiger partial charge < -0.3 is 4.74 Å². The van der Waals surface area contributed by atoms with Gasteiger partial charge in [0.1, 0.15) is 4.90 Å². The fourth-order valence-electron chi connectivity index (χ4n) is 1.85. The lowest BCUT2D eigenvalue weighted by atomic mass is 10.1. The van der Waals surface area contributed by atoms with Crippen LogP contribution in [-0.2, 0) is 23.9 Å². The number of oxime groups is 1. The number of benzene rings is 2. The Morgan fingerprint density at radius 1 is 1.08 bits per heavy atom. The number of halogens is 1. The van der Waals surface area contributed by atoms with Gasteiger partial charge in [0.05, 0.1) is 6.61 Å². The van der Waals surface area contributed by atoms with Crippen molar-refractivity contribution in [1.82, 2.24) is 0 Å². The van der Waals surface area contributed by atoms with Crippen LogP contribution in [0.15, 0.2) is 58.6 Å². The number of carbonyl (C=O) groups excluding carboxylic acids is 1. The largest absolute Gasteiger partial charge is 0.461 e. The Labute approximate surface area is 151 Å². The van der Waals surface area contributed by atoms with E-state index in [9.17, 15) is 13.2 Å². The number of ether oxygens (including phenoxy) is 1. The third-order valence-corrected chi connectivity index (χ3v) is 4.50. The summed E-state index contributed by atoms with van der Waals surface area (Å²) in [6.45, 7) is 3.56. The quantitative estimate of drug-likeness (QED) is 0.435. The van der Waals surface area contributed by atoms with Gasteiger partial charge in [0.15, 0.2) is 5.71 Å². The van der Waals surface area contributed by atoms with Crippen LogP contribution in [0.3, 0.4) is 0 Å². The second-order valence-electron chi connectivity index (χ2n) is 5.01. The van der Waals surface area contributed by atoms with E-state index in [1.807, 2.05) is 6.92 Å². The predicted molar refractivity (Wildman–Crippen MR) is 94.1 cm³/mol. The summed E-state index contributed by atoms with van der Waals surface area (Å²) in [7, 11) is -4.16. The van der Waals surface area contributed by atoms with Crippen LogP contribution >= 0.6 is 11.6 Å². The van der Waals surface area contributed by atoms with Gasteiger partial charge in [0, 0.05) is 10.6 Å². The molecule has 2 rings (SSSR count). The molecule has 0 aromatic heterocycles. The molecule has 0 saturated heterocycles. The van der Waals surface area contributed by atoms with E-state index in [1.54, 1.807) is 31.2 Å². The number of nitrogens with zero attached hydrogens (tertiary/aromatic N) is 1. The minimum absolute atomic E-state index is 0.0684. The number of esters is 1. The molecular formula is C17H16ClNO5S. The van der Waals surface area contributed by atoms with Gasteiger partial charge >= 0.3 is 16.1 Å². The molecule has 0 aliphatic carbocycles. The third kappa shape index (κ3) is 5.04. The molecule has 0 atom stereocenters. The van der Waals surface area contributed by atoms with E-state index in [2.05, 4.69) is 5.16 Å². The SMILES string of the molecule is CCOC(=O)/C(=N\OS(=O)(=O)c1ccc(C)cc1)c1ccc(Cl)cc1. The van der Waals surface area contributed by atoms with Crippen LogP contribution in [-0.4, -0.2) is 26.7 Å². The highest BCUT2D eigenvalue weighted by molar-refractivity contribution is 7.86. The highest BCUT2D eigenvalue weighted by Gasteiger charge is 2.20. The Bertz CT molecular complexity index is 874. The van der Waals surface area contributed by atoms with Gasteiger partial charge in [0.25, 0.3) is 0 Å². The van der Waals surface area contributed by atoms with E-state index < -0.39 is 16.1 Å². The average molecular weight is 382 g/mol. The van der Waals surface area contributed by atoms with Crippen molar-refractivity contribution in [2.24, 2.45) is 5.16 Å². The number of carbonyl (C=O) groups is 1. The van der Waals surface area contributed by atoms with Crippen LogP contribution in [0.25, 0.3) is 0 Å². The summed E-state index contributed by atoms with van der Waals surface area (Å²) in [5.74, 6) is -0.802. The maximum atomic E-state index is 12.2. The van der Waals surface area contributed by atoms with Crippen molar-refractivity contribution in [3.8, 4) is 0 Å². The van der Waals surface area contributed by atoms with Crippen LogP contribution < -0.4 is 0 Å². The standard InChI is InChI=1S/C17H16ClNO5S/c1-3-23-17(20)16(13-6-8-14(18)9-7-13)19-24-25(21,22)15-10-4-12(2)5-11-15/h4-11H,3H2,1-2H3/b19-16-. The summed E-state index contributed by atoms with van der Waals surface area (Å²) in [6.07, 6.45) is 0. The molecule has 0 amide bonds.